The molecule has 3 N–H and O–H groups in total. The number of carbonyl (C=O) groups is 2. The van der Waals surface area contributed by atoms with Gasteiger partial charge < -0.3 is 20.5 Å². The largest absolute Gasteiger partial charge is 0.360 e. The Hall–Kier alpha value is -1.89. The fourth-order valence-corrected chi connectivity index (χ4v) is 4.85. The second kappa shape index (κ2) is 8.46. The molecule has 0 spiro atoms. The fourth-order valence-electron chi connectivity index (χ4n) is 4.85. The van der Waals surface area contributed by atoms with Gasteiger partial charge in [-0.15, -0.1) is 0 Å². The van der Waals surface area contributed by atoms with Gasteiger partial charge in [0.25, 0.3) is 5.91 Å². The Morgan fingerprint density at radius 3 is 2.55 bits per heavy atom. The Morgan fingerprint density at radius 1 is 1.17 bits per heavy atom. The first-order valence-electron chi connectivity index (χ1n) is 11.3. The number of rotatable bonds is 5. The smallest absolute Gasteiger partial charge is 0.273 e. The van der Waals surface area contributed by atoms with E-state index in [2.05, 4.69) is 29.2 Å². The Balaban J connectivity index is 1.35. The lowest BCUT2D eigenvalue weighted by atomic mass is 9.83. The lowest BCUT2D eigenvalue weighted by Gasteiger charge is -2.44. The van der Waals surface area contributed by atoms with E-state index in [0.29, 0.717) is 24.1 Å². The van der Waals surface area contributed by atoms with E-state index in [1.165, 1.54) is 0 Å². The SMILES string of the molecule is CC(C)C1CC(NC(=O)c2cc(C3CC3)on2)CCN1C(=O)C1CCC(N)CC1. The third kappa shape index (κ3) is 4.65. The number of nitrogens with two attached hydrogens (primary N) is 1. The molecule has 0 bridgehead atoms. The van der Waals surface area contributed by atoms with Gasteiger partial charge in [0.05, 0.1) is 0 Å². The highest BCUT2D eigenvalue weighted by molar-refractivity contribution is 5.92. The van der Waals surface area contributed by atoms with E-state index in [1.54, 1.807) is 6.07 Å². The highest BCUT2D eigenvalue weighted by Gasteiger charge is 2.38. The third-order valence-corrected chi connectivity index (χ3v) is 6.89. The molecule has 2 aliphatic carbocycles. The van der Waals surface area contributed by atoms with E-state index in [9.17, 15) is 9.59 Å². The van der Waals surface area contributed by atoms with Gasteiger partial charge in [-0.1, -0.05) is 19.0 Å². The fraction of sp³-hybridized carbons (Fsp3) is 0.773. The number of hydrogen-bond acceptors (Lipinski definition) is 5. The first kappa shape index (κ1) is 20.4. The maximum atomic E-state index is 13.2. The van der Waals surface area contributed by atoms with Gasteiger partial charge in [0, 0.05) is 42.6 Å². The molecular formula is C22H34N4O3. The van der Waals surface area contributed by atoms with Crippen LogP contribution in [0.5, 0.6) is 0 Å². The van der Waals surface area contributed by atoms with Gasteiger partial charge in [-0.3, -0.25) is 9.59 Å². The summed E-state index contributed by atoms with van der Waals surface area (Å²) in [6.07, 6.45) is 7.48. The predicted octanol–water partition coefficient (Wildman–Crippen LogP) is 2.81. The van der Waals surface area contributed by atoms with Crippen molar-refractivity contribution in [3.05, 3.63) is 17.5 Å². The van der Waals surface area contributed by atoms with E-state index < -0.39 is 0 Å². The monoisotopic (exact) mass is 402 g/mol. The lowest BCUT2D eigenvalue weighted by Crippen LogP contribution is -2.55. The van der Waals surface area contributed by atoms with Crippen LogP contribution in [0.15, 0.2) is 10.6 Å². The summed E-state index contributed by atoms with van der Waals surface area (Å²) in [5, 5.41) is 7.07. The zero-order valence-corrected chi connectivity index (χ0v) is 17.6. The molecule has 2 atom stereocenters. The number of amides is 2. The first-order valence-corrected chi connectivity index (χ1v) is 11.3. The molecule has 0 radical (unpaired) electrons. The van der Waals surface area contributed by atoms with Crippen molar-refractivity contribution in [3.8, 4) is 0 Å². The average Bonchev–Trinajstić information content (AvgIpc) is 3.44. The molecule has 3 aliphatic rings. The molecular weight excluding hydrogens is 368 g/mol. The van der Waals surface area contributed by atoms with Gasteiger partial charge in [0.15, 0.2) is 5.69 Å². The van der Waals surface area contributed by atoms with Crippen LogP contribution in [0.3, 0.4) is 0 Å². The number of nitrogens with one attached hydrogen (secondary N) is 1. The molecule has 29 heavy (non-hydrogen) atoms. The first-order chi connectivity index (χ1) is 13.9. The summed E-state index contributed by atoms with van der Waals surface area (Å²) in [4.78, 5) is 27.9. The molecule has 160 valence electrons. The van der Waals surface area contributed by atoms with E-state index >= 15 is 0 Å². The van der Waals surface area contributed by atoms with Crippen molar-refractivity contribution in [2.75, 3.05) is 6.54 Å². The second-order valence-electron chi connectivity index (χ2n) is 9.54. The average molecular weight is 403 g/mol. The summed E-state index contributed by atoms with van der Waals surface area (Å²) in [6, 6.07) is 2.23. The summed E-state index contributed by atoms with van der Waals surface area (Å²) in [5.74, 6) is 1.83. The maximum Gasteiger partial charge on any atom is 0.273 e. The van der Waals surface area contributed by atoms with Gasteiger partial charge in [-0.25, -0.2) is 0 Å². The van der Waals surface area contributed by atoms with E-state index in [-0.39, 0.29) is 35.9 Å². The minimum atomic E-state index is -0.172. The number of piperidine rings is 1. The minimum Gasteiger partial charge on any atom is -0.360 e. The second-order valence-corrected chi connectivity index (χ2v) is 9.54. The molecule has 3 fully saturated rings. The zero-order valence-electron chi connectivity index (χ0n) is 17.6. The molecule has 2 unspecified atom stereocenters. The minimum absolute atomic E-state index is 0.0554. The summed E-state index contributed by atoms with van der Waals surface area (Å²) < 4.78 is 5.31. The highest BCUT2D eigenvalue weighted by Crippen LogP contribution is 2.40. The van der Waals surface area contributed by atoms with E-state index in [1.807, 2.05) is 0 Å². The molecule has 7 nitrogen and oxygen atoms in total. The van der Waals surface area contributed by atoms with Crippen LogP contribution in [0.2, 0.25) is 0 Å². The highest BCUT2D eigenvalue weighted by atomic mass is 16.5. The van der Waals surface area contributed by atoms with Crippen molar-refractivity contribution in [1.29, 1.82) is 0 Å². The Kier molecular flexibility index (Phi) is 5.95. The zero-order chi connectivity index (χ0) is 20.5. The van der Waals surface area contributed by atoms with Crippen molar-refractivity contribution < 1.29 is 14.1 Å². The summed E-state index contributed by atoms with van der Waals surface area (Å²) >= 11 is 0. The van der Waals surface area contributed by atoms with E-state index in [4.69, 9.17) is 10.3 Å². The standard InChI is InChI=1S/C22H34N4O3/c1-13(2)19-11-17(24-21(27)18-12-20(29-25-18)14-3-4-14)9-10-26(19)22(28)15-5-7-16(23)8-6-15/h12-17,19H,3-11,23H2,1-2H3,(H,24,27). The van der Waals surface area contributed by atoms with Crippen molar-refractivity contribution in [1.82, 2.24) is 15.4 Å². The topological polar surface area (TPSA) is 101 Å². The lowest BCUT2D eigenvalue weighted by molar-refractivity contribution is -0.142. The van der Waals surface area contributed by atoms with Crippen LogP contribution < -0.4 is 11.1 Å². The maximum absolute atomic E-state index is 13.2. The number of likely N-dealkylation sites (tertiary alicyclic amines) is 1. The van der Waals surface area contributed by atoms with Gasteiger partial charge in [-0.2, -0.15) is 0 Å². The summed E-state index contributed by atoms with van der Waals surface area (Å²) in [6.45, 7) is 5.01. The normalized spacial score (nSPS) is 30.4. The van der Waals surface area contributed by atoms with Crippen LogP contribution in [-0.2, 0) is 4.79 Å². The van der Waals surface area contributed by atoms with Crippen LogP contribution in [0, 0.1) is 11.8 Å². The van der Waals surface area contributed by atoms with Gasteiger partial charge in [-0.05, 0) is 57.3 Å². The van der Waals surface area contributed by atoms with Crippen LogP contribution >= 0.6 is 0 Å². The van der Waals surface area contributed by atoms with Crippen molar-refractivity contribution >= 4 is 11.8 Å². The molecule has 1 aromatic rings. The van der Waals surface area contributed by atoms with E-state index in [0.717, 1.165) is 57.1 Å². The molecule has 1 aromatic heterocycles. The number of aromatic nitrogens is 1. The Morgan fingerprint density at radius 2 is 1.90 bits per heavy atom. The van der Waals surface area contributed by atoms with Crippen LogP contribution in [0.25, 0.3) is 0 Å². The van der Waals surface area contributed by atoms with Crippen molar-refractivity contribution in [3.63, 3.8) is 0 Å². The molecule has 4 rings (SSSR count). The predicted molar refractivity (Wildman–Crippen MR) is 109 cm³/mol. The summed E-state index contributed by atoms with van der Waals surface area (Å²) in [7, 11) is 0. The van der Waals surface area contributed by atoms with Gasteiger partial charge >= 0.3 is 0 Å². The number of hydrogen-bond donors (Lipinski definition) is 2. The van der Waals surface area contributed by atoms with Crippen LogP contribution in [0.4, 0.5) is 0 Å². The van der Waals surface area contributed by atoms with Gasteiger partial charge in [0.1, 0.15) is 5.76 Å². The quantitative estimate of drug-likeness (QED) is 0.789. The summed E-state index contributed by atoms with van der Waals surface area (Å²) in [5.41, 5.74) is 6.37. The van der Waals surface area contributed by atoms with Crippen molar-refractivity contribution in [2.45, 2.75) is 89.3 Å². The molecule has 2 heterocycles. The number of carbonyl (C=O) groups excluding carboxylic acids is 2. The molecule has 1 saturated heterocycles. The molecule has 2 saturated carbocycles. The third-order valence-electron chi connectivity index (χ3n) is 6.89. The Bertz CT molecular complexity index is 734. The number of nitrogens with zero attached hydrogens (tertiary/aromatic N) is 2. The molecule has 1 aliphatic heterocycles. The Labute approximate surface area is 172 Å². The van der Waals surface area contributed by atoms with Crippen molar-refractivity contribution in [2.24, 2.45) is 17.6 Å². The molecule has 2 amide bonds. The molecule has 0 aromatic carbocycles. The van der Waals surface area contributed by atoms with Crippen LogP contribution in [0.1, 0.15) is 87.4 Å². The molecule has 7 heteroatoms. The van der Waals surface area contributed by atoms with Crippen LogP contribution in [-0.4, -0.2) is 46.5 Å². The van der Waals surface area contributed by atoms with Gasteiger partial charge in [0.2, 0.25) is 5.91 Å².